The third-order valence-electron chi connectivity index (χ3n) is 8.99. The second-order valence-electron chi connectivity index (χ2n) is 12.0. The van der Waals surface area contributed by atoms with Crippen molar-refractivity contribution in [3.63, 3.8) is 0 Å². The molecule has 2 aromatic heterocycles. The van der Waals surface area contributed by atoms with Gasteiger partial charge in [-0.15, -0.1) is 0 Å². The number of nitrogens with zero attached hydrogens (tertiary/aromatic N) is 4. The standard InChI is InChI=1S/C34H33Cl2N5O5/c1-2-44-33(42)25-11-8-21(12-26(25)20-15-37-18-38-16-20)39-34(43)41-22-9-10-23(41)14-24(13-22)45-17-27-31(40-46-32(27)19-6-7-19)30-28(35)4-3-5-29(30)36/h3-5,8,11-12,15-16,18-19,22-24H,2,6-7,9-10,13-14,17H2,1H3,(H,39,43). The van der Waals surface area contributed by atoms with Crippen LogP contribution in [0.3, 0.4) is 0 Å². The van der Waals surface area contributed by atoms with E-state index in [9.17, 15) is 9.59 Å². The molecule has 2 unspecified atom stereocenters. The summed E-state index contributed by atoms with van der Waals surface area (Å²) in [7, 11) is 0. The zero-order valence-electron chi connectivity index (χ0n) is 25.2. The van der Waals surface area contributed by atoms with Gasteiger partial charge in [0.15, 0.2) is 0 Å². The van der Waals surface area contributed by atoms with E-state index in [0.717, 1.165) is 49.8 Å². The molecule has 2 amide bonds. The van der Waals surface area contributed by atoms with E-state index in [1.54, 1.807) is 49.6 Å². The molecule has 10 nitrogen and oxygen atoms in total. The minimum Gasteiger partial charge on any atom is -0.462 e. The highest BCUT2D eigenvalue weighted by molar-refractivity contribution is 6.39. The first-order valence-electron chi connectivity index (χ1n) is 15.6. The van der Waals surface area contributed by atoms with Crippen molar-refractivity contribution in [3.05, 3.63) is 82.1 Å². The first-order valence-corrected chi connectivity index (χ1v) is 16.4. The number of urea groups is 1. The van der Waals surface area contributed by atoms with Crippen molar-refractivity contribution in [2.24, 2.45) is 0 Å². The SMILES string of the molecule is CCOC(=O)c1ccc(NC(=O)N2C3CCC2CC(OCc2c(-c4c(Cl)cccc4Cl)noc2C2CC2)C3)cc1-c1cncnc1. The summed E-state index contributed by atoms with van der Waals surface area (Å²) in [5.41, 5.74) is 4.38. The molecule has 4 aromatic rings. The molecule has 1 aliphatic carbocycles. The normalized spacial score (nSPS) is 20.5. The maximum Gasteiger partial charge on any atom is 0.338 e. The van der Waals surface area contributed by atoms with Gasteiger partial charge in [-0.3, -0.25) is 0 Å². The number of hydrogen-bond acceptors (Lipinski definition) is 8. The number of halogens is 2. The first-order chi connectivity index (χ1) is 22.4. The van der Waals surface area contributed by atoms with Gasteiger partial charge in [-0.2, -0.15) is 0 Å². The van der Waals surface area contributed by atoms with Gasteiger partial charge < -0.3 is 24.2 Å². The van der Waals surface area contributed by atoms with Gasteiger partial charge in [0, 0.05) is 58.3 Å². The fourth-order valence-electron chi connectivity index (χ4n) is 6.72. The maximum absolute atomic E-state index is 13.7. The molecule has 238 valence electrons. The molecule has 2 saturated heterocycles. The van der Waals surface area contributed by atoms with Crippen molar-refractivity contribution in [2.75, 3.05) is 11.9 Å². The van der Waals surface area contributed by atoms with E-state index >= 15 is 0 Å². The molecule has 1 N–H and O–H groups in total. The van der Waals surface area contributed by atoms with Crippen molar-refractivity contribution in [1.82, 2.24) is 20.0 Å². The minimum absolute atomic E-state index is 0.0217. The van der Waals surface area contributed by atoms with Crippen LogP contribution in [-0.4, -0.2) is 56.8 Å². The van der Waals surface area contributed by atoms with Crippen molar-refractivity contribution < 1.29 is 23.6 Å². The number of benzene rings is 2. The average Bonchev–Trinajstić information content (AvgIpc) is 3.76. The Hall–Kier alpha value is -3.99. The maximum atomic E-state index is 13.7. The van der Waals surface area contributed by atoms with Crippen molar-refractivity contribution in [3.8, 4) is 22.4 Å². The number of ether oxygens (including phenoxy) is 2. The molecule has 0 spiro atoms. The number of amides is 2. The molecule has 12 heteroatoms. The van der Waals surface area contributed by atoms with Crippen LogP contribution in [0.15, 0.2) is 59.6 Å². The zero-order valence-corrected chi connectivity index (χ0v) is 26.8. The van der Waals surface area contributed by atoms with Crippen LogP contribution >= 0.6 is 23.2 Å². The van der Waals surface area contributed by atoms with Crippen LogP contribution in [0.4, 0.5) is 10.5 Å². The third kappa shape index (κ3) is 6.09. The highest BCUT2D eigenvalue weighted by Gasteiger charge is 2.44. The average molecular weight is 663 g/mol. The van der Waals surface area contributed by atoms with Crippen LogP contribution in [0.1, 0.15) is 73.0 Å². The highest BCUT2D eigenvalue weighted by atomic mass is 35.5. The molecule has 7 rings (SSSR count). The van der Waals surface area contributed by atoms with Crippen LogP contribution in [0.25, 0.3) is 22.4 Å². The lowest BCUT2D eigenvalue weighted by Gasteiger charge is -2.38. The summed E-state index contributed by atoms with van der Waals surface area (Å²) in [6, 6.07) is 10.5. The first kappa shape index (κ1) is 30.7. The summed E-state index contributed by atoms with van der Waals surface area (Å²) in [6.07, 6.45) is 10.0. The van der Waals surface area contributed by atoms with Crippen LogP contribution in [0.5, 0.6) is 0 Å². The van der Waals surface area contributed by atoms with Crippen LogP contribution in [0.2, 0.25) is 10.0 Å². The van der Waals surface area contributed by atoms with Crippen LogP contribution in [-0.2, 0) is 16.1 Å². The smallest absolute Gasteiger partial charge is 0.338 e. The molecule has 1 saturated carbocycles. The Bertz CT molecular complexity index is 1730. The monoisotopic (exact) mass is 661 g/mol. The summed E-state index contributed by atoms with van der Waals surface area (Å²) in [4.78, 5) is 36.4. The second kappa shape index (κ2) is 13.0. The highest BCUT2D eigenvalue weighted by Crippen LogP contribution is 2.46. The van der Waals surface area contributed by atoms with E-state index in [0.29, 0.717) is 56.2 Å². The molecule has 2 aromatic carbocycles. The van der Waals surface area contributed by atoms with Gasteiger partial charge in [-0.1, -0.05) is 34.4 Å². The molecule has 2 atom stereocenters. The number of hydrogen-bond donors (Lipinski definition) is 1. The van der Waals surface area contributed by atoms with E-state index in [1.165, 1.54) is 6.33 Å². The van der Waals surface area contributed by atoms with E-state index in [4.69, 9.17) is 37.2 Å². The Morgan fingerprint density at radius 1 is 1.02 bits per heavy atom. The lowest BCUT2D eigenvalue weighted by atomic mass is 9.99. The lowest BCUT2D eigenvalue weighted by molar-refractivity contribution is -0.0158. The van der Waals surface area contributed by atoms with Gasteiger partial charge in [-0.05, 0) is 75.8 Å². The Kier molecular flexibility index (Phi) is 8.68. The number of nitrogens with one attached hydrogen (secondary N) is 1. The molecule has 46 heavy (non-hydrogen) atoms. The van der Waals surface area contributed by atoms with Crippen molar-refractivity contribution in [1.29, 1.82) is 0 Å². The van der Waals surface area contributed by atoms with E-state index in [2.05, 4.69) is 20.4 Å². The lowest BCUT2D eigenvalue weighted by Crippen LogP contribution is -2.50. The Morgan fingerprint density at radius 3 is 2.41 bits per heavy atom. The van der Waals surface area contributed by atoms with Gasteiger partial charge in [0.1, 0.15) is 17.8 Å². The predicted molar refractivity (Wildman–Crippen MR) is 173 cm³/mol. The third-order valence-corrected chi connectivity index (χ3v) is 9.62. The number of carbonyl (C=O) groups excluding carboxylic acids is 2. The van der Waals surface area contributed by atoms with Crippen LogP contribution < -0.4 is 5.32 Å². The van der Waals surface area contributed by atoms with Gasteiger partial charge in [0.05, 0.1) is 34.9 Å². The number of anilines is 1. The Morgan fingerprint density at radius 2 is 1.74 bits per heavy atom. The van der Waals surface area contributed by atoms with E-state index in [-0.39, 0.29) is 30.8 Å². The van der Waals surface area contributed by atoms with E-state index in [1.807, 2.05) is 11.0 Å². The Balaban J connectivity index is 1.05. The molecule has 3 fully saturated rings. The van der Waals surface area contributed by atoms with Gasteiger partial charge in [-0.25, -0.2) is 19.6 Å². The summed E-state index contributed by atoms with van der Waals surface area (Å²) >= 11 is 13.1. The fraction of sp³-hybridized carbons (Fsp3) is 0.382. The predicted octanol–water partition coefficient (Wildman–Crippen LogP) is 7.90. The van der Waals surface area contributed by atoms with Crippen molar-refractivity contribution >= 4 is 40.9 Å². The fourth-order valence-corrected chi connectivity index (χ4v) is 7.29. The molecular weight excluding hydrogens is 629 g/mol. The Labute approximate surface area is 276 Å². The molecule has 4 heterocycles. The number of aromatic nitrogens is 3. The number of piperidine rings is 1. The van der Waals surface area contributed by atoms with Crippen molar-refractivity contribution in [2.45, 2.75) is 76.2 Å². The summed E-state index contributed by atoms with van der Waals surface area (Å²) in [6.45, 7) is 2.35. The summed E-state index contributed by atoms with van der Waals surface area (Å²) in [5.74, 6) is 0.738. The zero-order chi connectivity index (χ0) is 31.8. The largest absolute Gasteiger partial charge is 0.462 e. The molecule has 3 aliphatic rings. The quantitative estimate of drug-likeness (QED) is 0.180. The summed E-state index contributed by atoms with van der Waals surface area (Å²) < 4.78 is 17.6. The summed E-state index contributed by atoms with van der Waals surface area (Å²) in [5, 5.41) is 8.47. The number of carbonyl (C=O) groups is 2. The number of fused-ring (bicyclic) bond motifs is 2. The number of esters is 1. The van der Waals surface area contributed by atoms with Gasteiger partial charge >= 0.3 is 12.0 Å². The minimum atomic E-state index is -0.447. The molecule has 2 bridgehead atoms. The second-order valence-corrected chi connectivity index (χ2v) is 12.8. The topological polar surface area (TPSA) is 120 Å². The van der Waals surface area contributed by atoms with Gasteiger partial charge in [0.25, 0.3) is 0 Å². The molecular formula is C34H33Cl2N5O5. The van der Waals surface area contributed by atoms with Gasteiger partial charge in [0.2, 0.25) is 0 Å². The number of rotatable bonds is 9. The van der Waals surface area contributed by atoms with E-state index < -0.39 is 5.97 Å². The molecule has 0 radical (unpaired) electrons. The molecule has 2 aliphatic heterocycles. The van der Waals surface area contributed by atoms with Crippen LogP contribution in [0, 0.1) is 0 Å².